The number of carboxylic acid groups (broad SMARTS) is 1. The molecule has 0 aromatic rings. The Morgan fingerprint density at radius 2 is 1.05 bits per heavy atom. The number of quaternary nitrogens is 1. The number of aliphatic hydroxyl groups is 8. The number of amides is 4. The van der Waals surface area contributed by atoms with Gasteiger partial charge in [0.15, 0.2) is 44.0 Å². The molecule has 0 saturated carbocycles. The summed E-state index contributed by atoms with van der Waals surface area (Å²) in [6.07, 6.45) is -36.5. The van der Waals surface area contributed by atoms with Crippen LogP contribution in [0.25, 0.3) is 0 Å². The highest BCUT2D eigenvalue weighted by Gasteiger charge is 2.58. The van der Waals surface area contributed by atoms with E-state index in [-0.39, 0.29) is 32.3 Å². The van der Waals surface area contributed by atoms with Crippen molar-refractivity contribution >= 4 is 49.4 Å². The van der Waals surface area contributed by atoms with Crippen molar-refractivity contribution in [3.63, 3.8) is 0 Å². The van der Waals surface area contributed by atoms with Gasteiger partial charge < -0.3 is 127 Å². The van der Waals surface area contributed by atoms with Gasteiger partial charge in [-0.2, -0.15) is 0 Å². The van der Waals surface area contributed by atoms with Crippen LogP contribution >= 0.6 is 7.82 Å². The minimum atomic E-state index is -4.85. The van der Waals surface area contributed by atoms with E-state index in [0.29, 0.717) is 11.0 Å². The van der Waals surface area contributed by atoms with E-state index in [1.165, 1.54) is 0 Å². The standard InChI is InChI=1S/C43H74N7O31P/c1-17(53)44-24-32(26(58)19(14-51)73-40(24)70-7)75-43-31(63)29(61)35(77-41-25(45-18(2)54)33(27(59)20(15-52)74-41)76-42-30(62)28(60)34(69-6)36(78-42)38(64)65)37(79-43)39(66)81-49-47-22(56)11-9-8-10-21(55)46-48-80-23(57)16-72-82(67,68)71-13-12-50(3,4)5/h19-20,24-37,40-43,48-49,51-52,58-63H,8-16H2,1-7H3,(H5-,44,45,46,47,53,54,55,56,64,65,67,68)/t19?,20?,24?,25?,26-,27-,28-,29-,30?,31?,32-,33-,34+,35+,36?,37?,40-,41+,42-,43-/m1/s1. The lowest BCUT2D eigenvalue weighted by Gasteiger charge is -2.50. The lowest BCUT2D eigenvalue weighted by molar-refractivity contribution is -0.870. The normalized spacial score (nSPS) is 34.8. The fourth-order valence-electron chi connectivity index (χ4n) is 8.37. The molecule has 0 bridgehead atoms. The van der Waals surface area contributed by atoms with Crippen LogP contribution in [0.2, 0.25) is 0 Å². The van der Waals surface area contributed by atoms with Gasteiger partial charge in [-0.25, -0.2) is 14.4 Å². The molecular formula is C43H74N7O31P. The van der Waals surface area contributed by atoms with Gasteiger partial charge >= 0.3 is 17.9 Å². The number of likely N-dealkylation sites (N-methyl/N-ethyl adjacent to an activating group) is 1. The number of carbonyl (C=O) groups is 7. The van der Waals surface area contributed by atoms with E-state index in [4.69, 9.17) is 47.5 Å². The molecule has 39 heteroatoms. The Balaban J connectivity index is 1.49. The SMILES string of the molecule is CO[C@@H]1OC(CO)[C@@H](O)[C@H](O[C@@H]2OC(C(=O)ONNC(=O)CCCCC(=O)NNOC(=O)COP(=O)([O-])OCC[N+](C)(C)C)[C@@H](O[C@@H]3OC(CO)[C@@H](O)[C@H](O[C@@H]4OC(C(=O)O)[C@@H](OC)[C@H](O)C4O)C3NC(C)=O)[C@H](O)C2O)C1NC(C)=O. The Kier molecular flexibility index (Phi) is 27.5. The topological polar surface area (TPSA) is 534 Å². The van der Waals surface area contributed by atoms with Gasteiger partial charge in [0.25, 0.3) is 7.82 Å². The second-order valence-corrected chi connectivity index (χ2v) is 21.2. The molecule has 4 aliphatic rings. The summed E-state index contributed by atoms with van der Waals surface area (Å²) in [5.41, 5.74) is 7.70. The Labute approximate surface area is 466 Å². The van der Waals surface area contributed by atoms with Crippen molar-refractivity contribution in [3.8, 4) is 0 Å². The van der Waals surface area contributed by atoms with Crippen molar-refractivity contribution in [2.75, 3.05) is 68.3 Å². The van der Waals surface area contributed by atoms with Crippen LogP contribution in [0.5, 0.6) is 0 Å². The van der Waals surface area contributed by atoms with Crippen molar-refractivity contribution in [1.29, 1.82) is 0 Å². The molecule has 0 aliphatic carbocycles. The summed E-state index contributed by atoms with van der Waals surface area (Å²) in [6, 6.07) is -3.32. The van der Waals surface area contributed by atoms with Crippen molar-refractivity contribution in [2.24, 2.45) is 0 Å². The molecule has 21 atom stereocenters. The minimum absolute atomic E-state index is 0.00403. The first kappa shape index (κ1) is 70.1. The van der Waals surface area contributed by atoms with Gasteiger partial charge in [-0.15, -0.1) is 0 Å². The summed E-state index contributed by atoms with van der Waals surface area (Å²) in [4.78, 5) is 109. The predicted octanol–water partition coefficient (Wildman–Crippen LogP) is -10.1. The van der Waals surface area contributed by atoms with Crippen LogP contribution in [-0.2, 0) is 99.5 Å². The van der Waals surface area contributed by atoms with Gasteiger partial charge in [0.2, 0.25) is 23.6 Å². The summed E-state index contributed by atoms with van der Waals surface area (Å²) >= 11 is 0. The van der Waals surface area contributed by atoms with E-state index in [2.05, 4.69) is 24.5 Å². The molecule has 4 fully saturated rings. The molecule has 472 valence electrons. The number of phosphoric ester groups is 1. The molecule has 4 heterocycles. The monoisotopic (exact) mass is 1220 g/mol. The van der Waals surface area contributed by atoms with Gasteiger partial charge in [-0.05, 0) is 12.8 Å². The Morgan fingerprint density at radius 1 is 0.585 bits per heavy atom. The van der Waals surface area contributed by atoms with Crippen molar-refractivity contribution in [2.45, 2.75) is 162 Å². The molecule has 4 amide bonds. The fourth-order valence-corrected chi connectivity index (χ4v) is 9.01. The van der Waals surface area contributed by atoms with Gasteiger partial charge in [0.05, 0.1) is 34.4 Å². The van der Waals surface area contributed by atoms with Crippen molar-refractivity contribution in [1.82, 2.24) is 32.7 Å². The number of carbonyl (C=O) groups excluding carboxylic acids is 6. The largest absolute Gasteiger partial charge is 0.756 e. The minimum Gasteiger partial charge on any atom is -0.756 e. The highest BCUT2D eigenvalue weighted by Crippen LogP contribution is 2.38. The summed E-state index contributed by atoms with van der Waals surface area (Å²) in [5.74, 6) is -7.80. The molecule has 4 saturated heterocycles. The predicted molar refractivity (Wildman–Crippen MR) is 256 cm³/mol. The number of nitrogens with zero attached hydrogens (tertiary/aromatic N) is 1. The molecule has 0 spiro atoms. The molecule has 82 heavy (non-hydrogen) atoms. The lowest BCUT2D eigenvalue weighted by Crippen LogP contribution is -2.71. The van der Waals surface area contributed by atoms with Crippen LogP contribution in [0.1, 0.15) is 39.5 Å². The second-order valence-electron chi connectivity index (χ2n) is 19.7. The Hall–Kier alpha value is -4.40. The van der Waals surface area contributed by atoms with E-state index < -0.39 is 192 Å². The van der Waals surface area contributed by atoms with E-state index in [1.807, 2.05) is 22.0 Å². The van der Waals surface area contributed by atoms with E-state index in [1.54, 1.807) is 21.1 Å². The number of nitrogens with one attached hydrogen (secondary N) is 6. The maximum absolute atomic E-state index is 14.0. The third-order valence-corrected chi connectivity index (χ3v) is 13.4. The molecule has 15 N–H and O–H groups in total. The zero-order valence-corrected chi connectivity index (χ0v) is 46.2. The van der Waals surface area contributed by atoms with Gasteiger partial charge in [0.1, 0.15) is 98.5 Å². The summed E-state index contributed by atoms with van der Waals surface area (Å²) < 4.78 is 71.8. The molecule has 4 rings (SSSR count). The highest BCUT2D eigenvalue weighted by molar-refractivity contribution is 7.45. The van der Waals surface area contributed by atoms with Crippen molar-refractivity contribution in [3.05, 3.63) is 0 Å². The number of hydrazine groups is 2. The van der Waals surface area contributed by atoms with E-state index in [0.717, 1.165) is 28.1 Å². The second kappa shape index (κ2) is 32.2. The molecule has 0 aromatic heterocycles. The highest BCUT2D eigenvalue weighted by atomic mass is 31.2. The van der Waals surface area contributed by atoms with Crippen LogP contribution in [-0.4, -0.2) is 283 Å². The number of ether oxygens (including phenoxy) is 9. The first-order chi connectivity index (χ1) is 38.5. The van der Waals surface area contributed by atoms with Crippen LogP contribution in [0.3, 0.4) is 0 Å². The maximum Gasteiger partial charge on any atom is 0.358 e. The van der Waals surface area contributed by atoms with Crippen LogP contribution in [0.4, 0.5) is 0 Å². The molecule has 9 unspecified atom stereocenters. The number of unbranched alkanes of at least 4 members (excludes halogenated alkanes) is 1. The quantitative estimate of drug-likeness (QED) is 0.0137. The number of methoxy groups -OCH3 is 2. The number of rotatable bonds is 30. The number of hydrogen-bond acceptors (Lipinski definition) is 32. The fraction of sp³-hybridized carbons (Fsp3) is 0.837. The summed E-state index contributed by atoms with van der Waals surface area (Å²) in [6.45, 7) is -0.891. The Bertz CT molecular complexity index is 2170. The van der Waals surface area contributed by atoms with E-state index >= 15 is 0 Å². The van der Waals surface area contributed by atoms with Gasteiger partial charge in [-0.3, -0.25) is 34.6 Å². The van der Waals surface area contributed by atoms with Crippen molar-refractivity contribution < 1.29 is 155 Å². The third kappa shape index (κ3) is 20.1. The van der Waals surface area contributed by atoms with E-state index in [9.17, 15) is 89.0 Å². The number of phosphoric acid groups is 1. The molecular weight excluding hydrogens is 1140 g/mol. The lowest BCUT2D eigenvalue weighted by atomic mass is 9.94. The summed E-state index contributed by atoms with van der Waals surface area (Å²) in [7, 11) is 2.69. The number of hydrogen-bond donors (Lipinski definition) is 15. The maximum atomic E-state index is 14.0. The number of carboxylic acids is 1. The molecule has 38 nitrogen and oxygen atoms in total. The zero-order chi connectivity index (χ0) is 61.4. The number of aliphatic hydroxyl groups excluding tert-OH is 8. The van der Waals surface area contributed by atoms with Gasteiger partial charge in [-0.1, -0.05) is 11.2 Å². The average Bonchev–Trinajstić information content (AvgIpc) is 3.59. The van der Waals surface area contributed by atoms with Crippen LogP contribution in [0, 0.1) is 0 Å². The summed E-state index contributed by atoms with van der Waals surface area (Å²) in [5, 5.41) is 103. The first-order valence-corrected chi connectivity index (χ1v) is 26.5. The average molecular weight is 1220 g/mol. The Morgan fingerprint density at radius 3 is 1.51 bits per heavy atom. The first-order valence-electron chi connectivity index (χ1n) is 25.1. The molecule has 0 radical (unpaired) electrons. The van der Waals surface area contributed by atoms with Crippen LogP contribution < -0.4 is 37.6 Å². The van der Waals surface area contributed by atoms with Gasteiger partial charge in [0, 0.05) is 40.9 Å². The number of aliphatic carboxylic acids is 1. The van der Waals surface area contributed by atoms with Crippen LogP contribution in [0.15, 0.2) is 0 Å². The zero-order valence-electron chi connectivity index (χ0n) is 45.3. The smallest absolute Gasteiger partial charge is 0.358 e. The molecule has 0 aromatic carbocycles. The molecule has 4 aliphatic heterocycles. The third-order valence-electron chi connectivity index (χ3n) is 12.5.